The molecular weight excluding hydrogens is 376 g/mol. The van der Waals surface area contributed by atoms with Crippen LogP contribution in [0.2, 0.25) is 0 Å². The number of benzene rings is 3. The van der Waals surface area contributed by atoms with E-state index in [9.17, 15) is 23.5 Å². The molecule has 144 valence electrons. The number of carbonyl (C=O) groups excluding carboxylic acids is 2. The maximum Gasteiger partial charge on any atom is 0.300 e. The van der Waals surface area contributed by atoms with Crippen molar-refractivity contribution >= 4 is 23.1 Å². The quantitative estimate of drug-likeness (QED) is 0.404. The molecule has 4 rings (SSSR count). The normalized spacial score (nSPS) is 18.3. The molecule has 1 saturated heterocycles. The Balaban J connectivity index is 1.98. The van der Waals surface area contributed by atoms with E-state index in [4.69, 9.17) is 0 Å². The lowest BCUT2D eigenvalue weighted by atomic mass is 9.95. The number of aliphatic hydroxyl groups excluding tert-OH is 1. The van der Waals surface area contributed by atoms with E-state index in [-0.39, 0.29) is 17.0 Å². The van der Waals surface area contributed by atoms with Crippen molar-refractivity contribution in [2.24, 2.45) is 0 Å². The molecule has 0 aliphatic carbocycles. The SMILES string of the molecule is O=C1C(=O)N(c2cc(F)ccc2F)C(c2ccccc2)/C1=C(\O)c1ccccc1. The highest BCUT2D eigenvalue weighted by atomic mass is 19.1. The number of nitrogens with zero attached hydrogens (tertiary/aromatic N) is 1. The maximum atomic E-state index is 14.5. The van der Waals surface area contributed by atoms with Crippen molar-refractivity contribution in [3.05, 3.63) is 107 Å². The van der Waals surface area contributed by atoms with Crippen LogP contribution >= 0.6 is 0 Å². The van der Waals surface area contributed by atoms with Crippen LogP contribution in [0.4, 0.5) is 14.5 Å². The molecule has 1 amide bonds. The number of carbonyl (C=O) groups is 2. The molecule has 1 unspecified atom stereocenters. The first-order valence-electron chi connectivity index (χ1n) is 8.85. The van der Waals surface area contributed by atoms with E-state index in [1.807, 2.05) is 0 Å². The van der Waals surface area contributed by atoms with E-state index < -0.39 is 29.4 Å². The molecule has 0 aromatic heterocycles. The fraction of sp³-hybridized carbons (Fsp3) is 0.0435. The second-order valence-electron chi connectivity index (χ2n) is 6.54. The molecule has 0 saturated carbocycles. The highest BCUT2D eigenvalue weighted by molar-refractivity contribution is 6.51. The van der Waals surface area contributed by atoms with E-state index in [2.05, 4.69) is 0 Å². The predicted molar refractivity (Wildman–Crippen MR) is 104 cm³/mol. The van der Waals surface area contributed by atoms with Gasteiger partial charge in [-0.15, -0.1) is 0 Å². The second-order valence-corrected chi connectivity index (χ2v) is 6.54. The number of Topliss-reactive ketones (excluding diaryl/α,β-unsaturated/α-hetero) is 1. The van der Waals surface area contributed by atoms with Crippen molar-refractivity contribution in [2.75, 3.05) is 4.90 Å². The Kier molecular flexibility index (Phi) is 4.68. The van der Waals surface area contributed by atoms with Crippen LogP contribution in [0.5, 0.6) is 0 Å². The van der Waals surface area contributed by atoms with Gasteiger partial charge >= 0.3 is 0 Å². The summed E-state index contributed by atoms with van der Waals surface area (Å²) in [6.07, 6.45) is 0. The number of amides is 1. The van der Waals surface area contributed by atoms with Crippen LogP contribution < -0.4 is 4.90 Å². The van der Waals surface area contributed by atoms with Gasteiger partial charge in [0.05, 0.1) is 17.3 Å². The summed E-state index contributed by atoms with van der Waals surface area (Å²) >= 11 is 0. The van der Waals surface area contributed by atoms with Gasteiger partial charge in [-0.3, -0.25) is 14.5 Å². The first-order valence-corrected chi connectivity index (χ1v) is 8.85. The molecule has 1 aliphatic heterocycles. The zero-order chi connectivity index (χ0) is 20.5. The average molecular weight is 391 g/mol. The number of anilines is 1. The Morgan fingerprint density at radius 1 is 0.862 bits per heavy atom. The van der Waals surface area contributed by atoms with E-state index in [1.54, 1.807) is 60.7 Å². The number of hydrogen-bond acceptors (Lipinski definition) is 3. The van der Waals surface area contributed by atoms with Crippen LogP contribution in [-0.4, -0.2) is 16.8 Å². The molecular formula is C23H15F2NO3. The van der Waals surface area contributed by atoms with Crippen molar-refractivity contribution in [3.8, 4) is 0 Å². The first kappa shape index (κ1) is 18.6. The summed E-state index contributed by atoms with van der Waals surface area (Å²) in [5.74, 6) is -3.99. The molecule has 1 fully saturated rings. The van der Waals surface area contributed by atoms with Crippen molar-refractivity contribution in [2.45, 2.75) is 6.04 Å². The molecule has 3 aromatic carbocycles. The van der Waals surface area contributed by atoms with E-state index in [0.717, 1.165) is 23.1 Å². The molecule has 0 spiro atoms. The van der Waals surface area contributed by atoms with Gasteiger partial charge in [0, 0.05) is 11.6 Å². The summed E-state index contributed by atoms with van der Waals surface area (Å²) in [5.41, 5.74) is 0.267. The Hall–Kier alpha value is -3.80. The summed E-state index contributed by atoms with van der Waals surface area (Å²) in [6.45, 7) is 0. The summed E-state index contributed by atoms with van der Waals surface area (Å²) in [4.78, 5) is 26.6. The Bertz CT molecular complexity index is 1130. The number of ketones is 1. The van der Waals surface area contributed by atoms with Crippen LogP contribution in [0.15, 0.2) is 84.4 Å². The fourth-order valence-electron chi connectivity index (χ4n) is 3.45. The lowest BCUT2D eigenvalue weighted by Crippen LogP contribution is -2.30. The Morgan fingerprint density at radius 3 is 2.14 bits per heavy atom. The highest BCUT2D eigenvalue weighted by Gasteiger charge is 2.47. The first-order chi connectivity index (χ1) is 14.0. The smallest absolute Gasteiger partial charge is 0.300 e. The fourth-order valence-corrected chi connectivity index (χ4v) is 3.45. The average Bonchev–Trinajstić information content (AvgIpc) is 3.01. The zero-order valence-electron chi connectivity index (χ0n) is 15.0. The van der Waals surface area contributed by atoms with Crippen LogP contribution in [0, 0.1) is 11.6 Å². The molecule has 6 heteroatoms. The van der Waals surface area contributed by atoms with Gasteiger partial charge in [0.1, 0.15) is 17.4 Å². The van der Waals surface area contributed by atoms with Gasteiger partial charge in [-0.25, -0.2) is 8.78 Å². The second kappa shape index (κ2) is 7.31. The number of aliphatic hydroxyl groups is 1. The van der Waals surface area contributed by atoms with Gasteiger partial charge in [-0.05, 0) is 17.7 Å². The lowest BCUT2D eigenvalue weighted by molar-refractivity contribution is -0.132. The molecule has 1 heterocycles. The Morgan fingerprint density at radius 2 is 1.48 bits per heavy atom. The van der Waals surface area contributed by atoms with Crippen molar-refractivity contribution < 1.29 is 23.5 Å². The van der Waals surface area contributed by atoms with Gasteiger partial charge in [-0.1, -0.05) is 60.7 Å². The zero-order valence-corrected chi connectivity index (χ0v) is 15.0. The van der Waals surface area contributed by atoms with Gasteiger partial charge in [0.15, 0.2) is 0 Å². The molecule has 3 aromatic rings. The third-order valence-electron chi connectivity index (χ3n) is 4.77. The van der Waals surface area contributed by atoms with Gasteiger partial charge < -0.3 is 5.11 Å². The van der Waals surface area contributed by atoms with Crippen molar-refractivity contribution in [1.82, 2.24) is 0 Å². The summed E-state index contributed by atoms with van der Waals surface area (Å²) < 4.78 is 28.3. The molecule has 1 aliphatic rings. The maximum absolute atomic E-state index is 14.5. The van der Waals surface area contributed by atoms with Crippen molar-refractivity contribution in [1.29, 1.82) is 0 Å². The molecule has 0 radical (unpaired) electrons. The van der Waals surface area contributed by atoms with E-state index in [1.165, 1.54) is 0 Å². The molecule has 4 nitrogen and oxygen atoms in total. The largest absolute Gasteiger partial charge is 0.507 e. The van der Waals surface area contributed by atoms with Gasteiger partial charge in [-0.2, -0.15) is 0 Å². The lowest BCUT2D eigenvalue weighted by Gasteiger charge is -2.25. The Labute approximate surface area is 165 Å². The number of rotatable bonds is 3. The predicted octanol–water partition coefficient (Wildman–Crippen LogP) is 4.59. The minimum absolute atomic E-state index is 0.184. The molecule has 1 atom stereocenters. The third kappa shape index (κ3) is 3.18. The topological polar surface area (TPSA) is 57.6 Å². The molecule has 1 N–H and O–H groups in total. The number of hydrogen-bond donors (Lipinski definition) is 1. The van der Waals surface area contributed by atoms with E-state index in [0.29, 0.717) is 11.1 Å². The van der Waals surface area contributed by atoms with Crippen LogP contribution in [-0.2, 0) is 9.59 Å². The van der Waals surface area contributed by atoms with Gasteiger partial charge in [0.2, 0.25) is 0 Å². The van der Waals surface area contributed by atoms with Gasteiger partial charge in [0.25, 0.3) is 11.7 Å². The highest BCUT2D eigenvalue weighted by Crippen LogP contribution is 2.42. The van der Waals surface area contributed by atoms with Crippen LogP contribution in [0.25, 0.3) is 5.76 Å². The molecule has 0 bridgehead atoms. The standard InChI is InChI=1S/C23H15F2NO3/c24-16-11-12-17(25)18(13-16)26-20(14-7-3-1-4-8-14)19(22(28)23(26)29)21(27)15-9-5-2-6-10-15/h1-13,20,27H/b21-19+. The third-order valence-corrected chi connectivity index (χ3v) is 4.77. The summed E-state index contributed by atoms with van der Waals surface area (Å²) in [5, 5.41) is 10.8. The minimum atomic E-state index is -1.10. The van der Waals surface area contributed by atoms with Crippen LogP contribution in [0.1, 0.15) is 17.2 Å². The monoisotopic (exact) mass is 391 g/mol. The summed E-state index contributed by atoms with van der Waals surface area (Å²) in [6, 6.07) is 18.3. The molecule has 29 heavy (non-hydrogen) atoms. The van der Waals surface area contributed by atoms with Crippen LogP contribution in [0.3, 0.4) is 0 Å². The van der Waals surface area contributed by atoms with E-state index >= 15 is 0 Å². The number of halogens is 2. The minimum Gasteiger partial charge on any atom is -0.507 e. The van der Waals surface area contributed by atoms with Crippen molar-refractivity contribution in [3.63, 3.8) is 0 Å². The summed E-state index contributed by atoms with van der Waals surface area (Å²) in [7, 11) is 0.